The third kappa shape index (κ3) is 4.16. The van der Waals surface area contributed by atoms with E-state index in [-0.39, 0.29) is 23.3 Å². The molecule has 1 aliphatic carbocycles. The smallest absolute Gasteiger partial charge is 0.254 e. The number of aromatic nitrogens is 1. The van der Waals surface area contributed by atoms with Gasteiger partial charge in [0.05, 0.1) is 5.56 Å². The van der Waals surface area contributed by atoms with E-state index in [9.17, 15) is 9.18 Å². The summed E-state index contributed by atoms with van der Waals surface area (Å²) < 4.78 is 14.2. The largest absolute Gasteiger partial charge is 0.368 e. The summed E-state index contributed by atoms with van der Waals surface area (Å²) in [5.41, 5.74) is 0.0678. The van der Waals surface area contributed by atoms with Gasteiger partial charge in [0, 0.05) is 18.8 Å². The van der Waals surface area contributed by atoms with E-state index in [0.717, 1.165) is 25.7 Å². The Bertz CT molecular complexity index is 492. The zero-order valence-electron chi connectivity index (χ0n) is 12.8. The van der Waals surface area contributed by atoms with Crippen LogP contribution in [-0.4, -0.2) is 23.5 Å². The Kier molecular flexibility index (Phi) is 5.53. The van der Waals surface area contributed by atoms with Gasteiger partial charge in [0.15, 0.2) is 11.6 Å². The van der Waals surface area contributed by atoms with E-state index in [0.29, 0.717) is 12.5 Å². The number of nitrogens with one attached hydrogen (secondary N) is 2. The molecule has 21 heavy (non-hydrogen) atoms. The summed E-state index contributed by atoms with van der Waals surface area (Å²) in [6.07, 6.45) is 6.86. The second kappa shape index (κ2) is 7.38. The Morgan fingerprint density at radius 2 is 2.19 bits per heavy atom. The highest BCUT2D eigenvalue weighted by atomic mass is 19.1. The van der Waals surface area contributed by atoms with Crippen molar-refractivity contribution in [1.82, 2.24) is 10.3 Å². The molecule has 1 fully saturated rings. The van der Waals surface area contributed by atoms with Gasteiger partial charge in [-0.2, -0.15) is 0 Å². The van der Waals surface area contributed by atoms with Gasteiger partial charge in [-0.3, -0.25) is 4.79 Å². The molecule has 0 aliphatic heterocycles. The number of carbonyl (C=O) groups excluding carboxylic acids is 1. The van der Waals surface area contributed by atoms with E-state index in [2.05, 4.69) is 22.5 Å². The van der Waals surface area contributed by atoms with Crippen molar-refractivity contribution in [3.63, 3.8) is 0 Å². The lowest BCUT2D eigenvalue weighted by Crippen LogP contribution is -2.35. The first-order valence-corrected chi connectivity index (χ1v) is 7.81. The number of halogens is 1. The van der Waals surface area contributed by atoms with Crippen LogP contribution in [-0.2, 0) is 0 Å². The minimum atomic E-state index is -0.571. The van der Waals surface area contributed by atoms with E-state index in [1.54, 1.807) is 0 Å². The lowest BCUT2D eigenvalue weighted by molar-refractivity contribution is 0.0929. The van der Waals surface area contributed by atoms with Crippen LogP contribution in [0.2, 0.25) is 0 Å². The SMILES string of the molecule is CCNc1nccc(C(=O)NC2CCCC(C)CC2)c1F. The van der Waals surface area contributed by atoms with E-state index in [1.807, 2.05) is 6.92 Å². The number of hydrogen-bond acceptors (Lipinski definition) is 3. The molecule has 0 saturated heterocycles. The molecular weight excluding hydrogens is 269 g/mol. The Hall–Kier alpha value is -1.65. The molecule has 1 aliphatic rings. The summed E-state index contributed by atoms with van der Waals surface area (Å²) in [6.45, 7) is 4.67. The highest BCUT2D eigenvalue weighted by Gasteiger charge is 2.21. The van der Waals surface area contributed by atoms with Crippen molar-refractivity contribution in [1.29, 1.82) is 0 Å². The molecule has 1 aromatic heterocycles. The minimum absolute atomic E-state index is 0.0678. The molecule has 1 amide bonds. The van der Waals surface area contributed by atoms with Gasteiger partial charge in [-0.15, -0.1) is 0 Å². The topological polar surface area (TPSA) is 54.0 Å². The van der Waals surface area contributed by atoms with Crippen LogP contribution in [0, 0.1) is 11.7 Å². The standard InChI is InChI=1S/C16H24FN3O/c1-3-18-15-14(17)13(9-10-19-15)16(21)20-12-6-4-5-11(2)7-8-12/h9-12H,3-8H2,1-2H3,(H,18,19)(H,20,21). The molecule has 0 aromatic carbocycles. The summed E-state index contributed by atoms with van der Waals surface area (Å²) in [7, 11) is 0. The van der Waals surface area contributed by atoms with Gasteiger partial charge < -0.3 is 10.6 Å². The van der Waals surface area contributed by atoms with Crippen molar-refractivity contribution in [3.05, 3.63) is 23.6 Å². The Morgan fingerprint density at radius 3 is 2.95 bits per heavy atom. The fourth-order valence-corrected chi connectivity index (χ4v) is 2.80. The van der Waals surface area contributed by atoms with Crippen molar-refractivity contribution in [2.24, 2.45) is 5.92 Å². The Balaban J connectivity index is 2.04. The molecule has 2 rings (SSSR count). The van der Waals surface area contributed by atoms with Crippen LogP contribution in [0.15, 0.2) is 12.3 Å². The second-order valence-electron chi connectivity index (χ2n) is 5.84. The second-order valence-corrected chi connectivity index (χ2v) is 5.84. The van der Waals surface area contributed by atoms with E-state index >= 15 is 0 Å². The maximum Gasteiger partial charge on any atom is 0.254 e. The summed E-state index contributed by atoms with van der Waals surface area (Å²) >= 11 is 0. The number of nitrogens with zero attached hydrogens (tertiary/aromatic N) is 1. The molecule has 4 nitrogen and oxygen atoms in total. The van der Waals surface area contributed by atoms with Crippen LogP contribution >= 0.6 is 0 Å². The normalized spacial score (nSPS) is 22.4. The fourth-order valence-electron chi connectivity index (χ4n) is 2.80. The van der Waals surface area contributed by atoms with Gasteiger partial charge in [0.25, 0.3) is 5.91 Å². The van der Waals surface area contributed by atoms with Crippen molar-refractivity contribution >= 4 is 11.7 Å². The first kappa shape index (κ1) is 15.7. The molecular formula is C16H24FN3O. The number of rotatable bonds is 4. The summed E-state index contributed by atoms with van der Waals surface area (Å²) in [5.74, 6) is -0.0583. The molecule has 2 N–H and O–H groups in total. The molecule has 1 saturated carbocycles. The van der Waals surface area contributed by atoms with Crippen molar-refractivity contribution in [3.8, 4) is 0 Å². The van der Waals surface area contributed by atoms with Crippen molar-refractivity contribution in [2.75, 3.05) is 11.9 Å². The number of amides is 1. The van der Waals surface area contributed by atoms with E-state index in [1.165, 1.54) is 18.7 Å². The molecule has 2 atom stereocenters. The maximum absolute atomic E-state index is 14.2. The summed E-state index contributed by atoms with van der Waals surface area (Å²) in [4.78, 5) is 16.2. The predicted molar refractivity (Wildman–Crippen MR) is 81.9 cm³/mol. The lowest BCUT2D eigenvalue weighted by Gasteiger charge is -2.17. The van der Waals surface area contributed by atoms with Crippen LogP contribution in [0.25, 0.3) is 0 Å². The highest BCUT2D eigenvalue weighted by molar-refractivity contribution is 5.95. The number of carbonyl (C=O) groups is 1. The molecule has 5 heteroatoms. The van der Waals surface area contributed by atoms with Crippen LogP contribution < -0.4 is 10.6 Å². The first-order valence-electron chi connectivity index (χ1n) is 7.81. The molecule has 116 valence electrons. The summed E-state index contributed by atoms with van der Waals surface area (Å²) in [5, 5.41) is 5.80. The van der Waals surface area contributed by atoms with Gasteiger partial charge in [-0.05, 0) is 38.2 Å². The first-order chi connectivity index (χ1) is 10.1. The maximum atomic E-state index is 14.2. The van der Waals surface area contributed by atoms with Gasteiger partial charge in [-0.25, -0.2) is 9.37 Å². The van der Waals surface area contributed by atoms with Crippen LogP contribution in [0.5, 0.6) is 0 Å². The average Bonchev–Trinajstić information content (AvgIpc) is 2.66. The lowest BCUT2D eigenvalue weighted by atomic mass is 10.0. The summed E-state index contributed by atoms with van der Waals surface area (Å²) in [6, 6.07) is 1.59. The van der Waals surface area contributed by atoms with E-state index < -0.39 is 5.82 Å². The van der Waals surface area contributed by atoms with Crippen LogP contribution in [0.4, 0.5) is 10.2 Å². The zero-order chi connectivity index (χ0) is 15.2. The quantitative estimate of drug-likeness (QED) is 0.837. The molecule has 1 heterocycles. The number of hydrogen-bond donors (Lipinski definition) is 2. The third-order valence-corrected chi connectivity index (χ3v) is 4.07. The van der Waals surface area contributed by atoms with Gasteiger partial charge in [0.1, 0.15) is 0 Å². The minimum Gasteiger partial charge on any atom is -0.368 e. The van der Waals surface area contributed by atoms with Crippen molar-refractivity contribution < 1.29 is 9.18 Å². The Morgan fingerprint density at radius 1 is 1.38 bits per heavy atom. The fraction of sp³-hybridized carbons (Fsp3) is 0.625. The Labute approximate surface area is 125 Å². The van der Waals surface area contributed by atoms with Crippen LogP contribution in [0.3, 0.4) is 0 Å². The molecule has 0 radical (unpaired) electrons. The third-order valence-electron chi connectivity index (χ3n) is 4.07. The molecule has 2 unspecified atom stereocenters. The van der Waals surface area contributed by atoms with E-state index in [4.69, 9.17) is 0 Å². The van der Waals surface area contributed by atoms with Gasteiger partial charge >= 0.3 is 0 Å². The number of anilines is 1. The molecule has 1 aromatic rings. The average molecular weight is 293 g/mol. The van der Waals surface area contributed by atoms with Crippen molar-refractivity contribution in [2.45, 2.75) is 52.0 Å². The molecule has 0 bridgehead atoms. The van der Waals surface area contributed by atoms with Gasteiger partial charge in [-0.1, -0.05) is 19.8 Å². The number of pyridine rings is 1. The zero-order valence-corrected chi connectivity index (χ0v) is 12.8. The predicted octanol–water partition coefficient (Wildman–Crippen LogP) is 3.35. The van der Waals surface area contributed by atoms with Gasteiger partial charge in [0.2, 0.25) is 0 Å². The van der Waals surface area contributed by atoms with Crippen LogP contribution in [0.1, 0.15) is 56.3 Å². The molecule has 0 spiro atoms. The highest BCUT2D eigenvalue weighted by Crippen LogP contribution is 2.23. The monoisotopic (exact) mass is 293 g/mol.